The van der Waals surface area contributed by atoms with Gasteiger partial charge in [-0.3, -0.25) is 4.79 Å². The molecule has 0 fully saturated rings. The molecule has 2 N–H and O–H groups in total. The van der Waals surface area contributed by atoms with E-state index < -0.39 is 5.41 Å². The molecule has 1 heterocycles. The molecular formula is C10H11NO2. The highest BCUT2D eigenvalue weighted by Gasteiger charge is 2.38. The molecule has 0 saturated heterocycles. The van der Waals surface area contributed by atoms with Crippen LogP contribution in [0.1, 0.15) is 19.4 Å². The minimum atomic E-state index is -0.483. The lowest BCUT2D eigenvalue weighted by atomic mass is 9.86. The van der Waals surface area contributed by atoms with Crippen molar-refractivity contribution in [1.29, 1.82) is 0 Å². The molecule has 0 spiro atoms. The van der Waals surface area contributed by atoms with Crippen LogP contribution >= 0.6 is 0 Å². The SMILES string of the molecule is CC1(C)C(=O)Nc2cc(O)ccc21. The maximum Gasteiger partial charge on any atom is 0.234 e. The second kappa shape index (κ2) is 2.25. The van der Waals surface area contributed by atoms with Gasteiger partial charge in [0.2, 0.25) is 5.91 Å². The number of amides is 1. The van der Waals surface area contributed by atoms with Crippen LogP contribution in [0.3, 0.4) is 0 Å². The number of phenols is 1. The fraction of sp³-hybridized carbons (Fsp3) is 0.300. The molecule has 0 saturated carbocycles. The Kier molecular flexibility index (Phi) is 1.40. The first-order chi connectivity index (χ1) is 6.01. The Balaban J connectivity index is 2.62. The number of phenolic OH excluding ortho intramolecular Hbond substituents is 1. The van der Waals surface area contributed by atoms with Crippen molar-refractivity contribution >= 4 is 11.6 Å². The van der Waals surface area contributed by atoms with Gasteiger partial charge < -0.3 is 10.4 Å². The van der Waals surface area contributed by atoms with E-state index in [0.717, 1.165) is 11.3 Å². The summed E-state index contributed by atoms with van der Waals surface area (Å²) in [7, 11) is 0. The summed E-state index contributed by atoms with van der Waals surface area (Å²) in [5.41, 5.74) is 1.17. The first-order valence-electron chi connectivity index (χ1n) is 4.17. The molecule has 1 amide bonds. The van der Waals surface area contributed by atoms with Gasteiger partial charge in [0.25, 0.3) is 0 Å². The highest BCUT2D eigenvalue weighted by atomic mass is 16.3. The molecule has 0 unspecified atom stereocenters. The van der Waals surface area contributed by atoms with Crippen molar-refractivity contribution in [2.75, 3.05) is 5.32 Å². The summed E-state index contributed by atoms with van der Waals surface area (Å²) in [6.45, 7) is 3.73. The number of nitrogens with one attached hydrogen (secondary N) is 1. The van der Waals surface area contributed by atoms with E-state index in [0.29, 0.717) is 0 Å². The van der Waals surface area contributed by atoms with Gasteiger partial charge in [-0.1, -0.05) is 6.07 Å². The van der Waals surface area contributed by atoms with Crippen molar-refractivity contribution in [3.8, 4) is 5.75 Å². The molecule has 0 aromatic heterocycles. The topological polar surface area (TPSA) is 49.3 Å². The molecule has 3 heteroatoms. The highest BCUT2D eigenvalue weighted by Crippen LogP contribution is 2.38. The number of fused-ring (bicyclic) bond motifs is 1. The molecule has 68 valence electrons. The normalized spacial score (nSPS) is 18.2. The van der Waals surface area contributed by atoms with Crippen LogP contribution in [-0.4, -0.2) is 11.0 Å². The van der Waals surface area contributed by atoms with Gasteiger partial charge in [0.15, 0.2) is 0 Å². The Bertz CT molecular complexity index is 383. The minimum absolute atomic E-state index is 0.0203. The molecule has 3 nitrogen and oxygen atoms in total. The van der Waals surface area contributed by atoms with Gasteiger partial charge in [0.1, 0.15) is 5.75 Å². The van der Waals surface area contributed by atoms with E-state index in [1.807, 2.05) is 13.8 Å². The van der Waals surface area contributed by atoms with Crippen LogP contribution in [-0.2, 0) is 10.2 Å². The van der Waals surface area contributed by atoms with Crippen molar-refractivity contribution in [3.05, 3.63) is 23.8 Å². The third-order valence-corrected chi connectivity index (χ3v) is 2.49. The van der Waals surface area contributed by atoms with E-state index in [2.05, 4.69) is 5.32 Å². The van der Waals surface area contributed by atoms with Crippen LogP contribution in [0.2, 0.25) is 0 Å². The van der Waals surface area contributed by atoms with Gasteiger partial charge in [0.05, 0.1) is 5.41 Å². The van der Waals surface area contributed by atoms with E-state index in [9.17, 15) is 9.90 Å². The lowest BCUT2D eigenvalue weighted by Crippen LogP contribution is -2.26. The fourth-order valence-corrected chi connectivity index (χ4v) is 1.58. The van der Waals surface area contributed by atoms with E-state index in [1.54, 1.807) is 18.2 Å². The quantitative estimate of drug-likeness (QED) is 0.632. The summed E-state index contributed by atoms with van der Waals surface area (Å²) in [6.07, 6.45) is 0. The Morgan fingerprint density at radius 1 is 1.38 bits per heavy atom. The summed E-state index contributed by atoms with van der Waals surface area (Å²) in [5, 5.41) is 11.9. The number of rotatable bonds is 0. The number of hydrogen-bond donors (Lipinski definition) is 2. The standard InChI is InChI=1S/C10H11NO2/c1-10(2)7-4-3-6(12)5-8(7)11-9(10)13/h3-5,12H,1-2H3,(H,11,13). The van der Waals surface area contributed by atoms with Crippen LogP contribution in [0, 0.1) is 0 Å². The Labute approximate surface area is 76.4 Å². The molecule has 1 aliphatic rings. The monoisotopic (exact) mass is 177 g/mol. The minimum Gasteiger partial charge on any atom is -0.508 e. The molecule has 13 heavy (non-hydrogen) atoms. The van der Waals surface area contributed by atoms with Crippen LogP contribution in [0.15, 0.2) is 18.2 Å². The molecular weight excluding hydrogens is 166 g/mol. The van der Waals surface area contributed by atoms with E-state index in [1.165, 1.54) is 0 Å². The highest BCUT2D eigenvalue weighted by molar-refractivity contribution is 6.05. The number of anilines is 1. The molecule has 0 radical (unpaired) electrons. The second-order valence-corrected chi connectivity index (χ2v) is 3.81. The third kappa shape index (κ3) is 1.00. The summed E-state index contributed by atoms with van der Waals surface area (Å²) >= 11 is 0. The molecule has 0 aliphatic carbocycles. The number of hydrogen-bond acceptors (Lipinski definition) is 2. The number of aromatic hydroxyl groups is 1. The average molecular weight is 177 g/mol. The molecule has 1 aromatic carbocycles. The maximum atomic E-state index is 11.5. The molecule has 1 aromatic rings. The predicted molar refractivity (Wildman–Crippen MR) is 49.8 cm³/mol. The zero-order valence-electron chi connectivity index (χ0n) is 7.59. The molecule has 0 bridgehead atoms. The molecule has 2 rings (SSSR count). The summed E-state index contributed by atoms with van der Waals surface area (Å²) in [4.78, 5) is 11.5. The lowest BCUT2D eigenvalue weighted by Gasteiger charge is -2.14. The van der Waals surface area contributed by atoms with Gasteiger partial charge in [-0.05, 0) is 25.5 Å². The Morgan fingerprint density at radius 3 is 2.77 bits per heavy atom. The van der Waals surface area contributed by atoms with Crippen molar-refractivity contribution in [2.24, 2.45) is 0 Å². The first-order valence-corrected chi connectivity index (χ1v) is 4.17. The smallest absolute Gasteiger partial charge is 0.234 e. The van der Waals surface area contributed by atoms with Crippen LogP contribution in [0.25, 0.3) is 0 Å². The second-order valence-electron chi connectivity index (χ2n) is 3.81. The van der Waals surface area contributed by atoms with E-state index >= 15 is 0 Å². The number of carbonyl (C=O) groups is 1. The molecule has 0 atom stereocenters. The summed E-state index contributed by atoms with van der Waals surface area (Å²) in [6, 6.07) is 4.95. The van der Waals surface area contributed by atoms with Crippen LogP contribution in [0.4, 0.5) is 5.69 Å². The average Bonchev–Trinajstić information content (AvgIpc) is 2.23. The van der Waals surface area contributed by atoms with Gasteiger partial charge in [-0.15, -0.1) is 0 Å². The third-order valence-electron chi connectivity index (χ3n) is 2.49. The summed E-state index contributed by atoms with van der Waals surface area (Å²) in [5.74, 6) is 0.157. The van der Waals surface area contributed by atoms with Crippen molar-refractivity contribution in [2.45, 2.75) is 19.3 Å². The predicted octanol–water partition coefficient (Wildman–Crippen LogP) is 1.62. The largest absolute Gasteiger partial charge is 0.508 e. The van der Waals surface area contributed by atoms with Crippen molar-refractivity contribution in [1.82, 2.24) is 0 Å². The van der Waals surface area contributed by atoms with Gasteiger partial charge in [-0.25, -0.2) is 0 Å². The number of benzene rings is 1. The van der Waals surface area contributed by atoms with Crippen LogP contribution < -0.4 is 5.32 Å². The maximum absolute atomic E-state index is 11.5. The van der Waals surface area contributed by atoms with E-state index in [-0.39, 0.29) is 11.7 Å². The van der Waals surface area contributed by atoms with Gasteiger partial charge in [0, 0.05) is 11.8 Å². The molecule has 1 aliphatic heterocycles. The summed E-state index contributed by atoms with van der Waals surface area (Å²) < 4.78 is 0. The van der Waals surface area contributed by atoms with Gasteiger partial charge in [-0.2, -0.15) is 0 Å². The van der Waals surface area contributed by atoms with Gasteiger partial charge >= 0.3 is 0 Å². The Hall–Kier alpha value is -1.51. The fourth-order valence-electron chi connectivity index (χ4n) is 1.58. The zero-order chi connectivity index (χ0) is 9.64. The first kappa shape index (κ1) is 8.10. The number of carbonyl (C=O) groups excluding carboxylic acids is 1. The van der Waals surface area contributed by atoms with Crippen molar-refractivity contribution in [3.63, 3.8) is 0 Å². The van der Waals surface area contributed by atoms with Crippen LogP contribution in [0.5, 0.6) is 5.75 Å². The van der Waals surface area contributed by atoms with E-state index in [4.69, 9.17) is 0 Å². The zero-order valence-corrected chi connectivity index (χ0v) is 7.59. The Morgan fingerprint density at radius 2 is 2.08 bits per heavy atom. The van der Waals surface area contributed by atoms with Crippen molar-refractivity contribution < 1.29 is 9.90 Å². The lowest BCUT2D eigenvalue weighted by molar-refractivity contribution is -0.119.